The molecule has 1 atom stereocenters. The van der Waals surface area contributed by atoms with Crippen molar-refractivity contribution in [1.82, 2.24) is 5.32 Å². The lowest BCUT2D eigenvalue weighted by Gasteiger charge is -2.08. The normalized spacial score (nSPS) is 11.8. The number of nitriles is 1. The average molecular weight is 170 g/mol. The van der Waals surface area contributed by atoms with Gasteiger partial charge in [0.1, 0.15) is 0 Å². The Bertz CT molecular complexity index is 174. The minimum Gasteiger partial charge on any atom is -0.465 e. The molecular formula is C8H14N2O2. The summed E-state index contributed by atoms with van der Waals surface area (Å²) in [5, 5.41) is 11.2. The Balaban J connectivity index is 3.41. The molecule has 0 radical (unpaired) electrons. The lowest BCUT2D eigenvalue weighted by Crippen LogP contribution is -2.32. The number of hydrogen-bond acceptors (Lipinski definition) is 4. The van der Waals surface area contributed by atoms with Gasteiger partial charge in [-0.3, -0.25) is 4.79 Å². The number of nitrogens with one attached hydrogen (secondary N) is 1. The van der Waals surface area contributed by atoms with Crippen molar-refractivity contribution < 1.29 is 9.53 Å². The molecule has 0 bridgehead atoms. The molecule has 0 fully saturated rings. The second kappa shape index (κ2) is 6.62. The minimum atomic E-state index is -0.276. The van der Waals surface area contributed by atoms with E-state index in [9.17, 15) is 4.79 Å². The molecule has 4 nitrogen and oxygen atoms in total. The molecule has 0 aromatic rings. The molecule has 0 aliphatic rings. The van der Waals surface area contributed by atoms with Gasteiger partial charge in [0.25, 0.3) is 0 Å². The summed E-state index contributed by atoms with van der Waals surface area (Å²) in [6.45, 7) is 4.18. The van der Waals surface area contributed by atoms with Gasteiger partial charge in [0.2, 0.25) is 0 Å². The molecule has 1 unspecified atom stereocenters. The standard InChI is InChI=1S/C8H14N2O2/c1-3-12-8(11)6-10-7(2)4-5-9/h7,10H,3-4,6H2,1-2H3. The molecule has 4 heteroatoms. The van der Waals surface area contributed by atoms with E-state index >= 15 is 0 Å². The predicted octanol–water partition coefficient (Wildman–Crippen LogP) is 0.441. The molecule has 0 aliphatic heterocycles. The molecule has 1 N–H and O–H groups in total. The van der Waals surface area contributed by atoms with Crippen LogP contribution < -0.4 is 5.32 Å². The van der Waals surface area contributed by atoms with E-state index in [1.54, 1.807) is 6.92 Å². The molecule has 0 saturated carbocycles. The first-order chi connectivity index (χ1) is 5.70. The molecule has 0 amide bonds. The summed E-state index contributed by atoms with van der Waals surface area (Å²) in [6.07, 6.45) is 0.402. The third kappa shape index (κ3) is 5.69. The number of carbonyl (C=O) groups is 1. The Morgan fingerprint density at radius 1 is 1.75 bits per heavy atom. The summed E-state index contributed by atoms with van der Waals surface area (Å²) in [7, 11) is 0. The fourth-order valence-electron chi connectivity index (χ4n) is 0.679. The molecule has 0 aromatic carbocycles. The molecule has 0 aliphatic carbocycles. The van der Waals surface area contributed by atoms with Crippen molar-refractivity contribution >= 4 is 5.97 Å². The maximum atomic E-state index is 10.8. The van der Waals surface area contributed by atoms with Crippen molar-refractivity contribution in [2.24, 2.45) is 0 Å². The van der Waals surface area contributed by atoms with Crippen LogP contribution in [0.5, 0.6) is 0 Å². The Morgan fingerprint density at radius 2 is 2.42 bits per heavy atom. The molecule has 0 heterocycles. The molecule has 0 rings (SSSR count). The van der Waals surface area contributed by atoms with E-state index in [0.29, 0.717) is 13.0 Å². The van der Waals surface area contributed by atoms with Gasteiger partial charge in [-0.25, -0.2) is 0 Å². The highest BCUT2D eigenvalue weighted by molar-refractivity contribution is 5.71. The molecular weight excluding hydrogens is 156 g/mol. The monoisotopic (exact) mass is 170 g/mol. The van der Waals surface area contributed by atoms with Gasteiger partial charge >= 0.3 is 5.97 Å². The molecule has 0 saturated heterocycles. The summed E-state index contributed by atoms with van der Waals surface area (Å²) in [6, 6.07) is 2.05. The van der Waals surface area contributed by atoms with Crippen molar-refractivity contribution in [2.45, 2.75) is 26.3 Å². The van der Waals surface area contributed by atoms with Crippen LogP contribution in [0.4, 0.5) is 0 Å². The van der Waals surface area contributed by atoms with Gasteiger partial charge in [-0.1, -0.05) is 0 Å². The van der Waals surface area contributed by atoms with Gasteiger partial charge in [0.15, 0.2) is 0 Å². The summed E-state index contributed by atoms with van der Waals surface area (Å²) in [5.74, 6) is -0.276. The molecule has 0 aromatic heterocycles. The van der Waals surface area contributed by atoms with Crippen LogP contribution in [0, 0.1) is 11.3 Å². The summed E-state index contributed by atoms with van der Waals surface area (Å²) in [5.41, 5.74) is 0. The van der Waals surface area contributed by atoms with Crippen molar-refractivity contribution in [3.8, 4) is 6.07 Å². The number of rotatable bonds is 5. The minimum absolute atomic E-state index is 0.0411. The number of hydrogen-bond donors (Lipinski definition) is 1. The zero-order valence-electron chi connectivity index (χ0n) is 7.46. The number of esters is 1. The van der Waals surface area contributed by atoms with Crippen LogP contribution in [-0.4, -0.2) is 25.2 Å². The Kier molecular flexibility index (Phi) is 6.02. The van der Waals surface area contributed by atoms with Crippen LogP contribution in [0.25, 0.3) is 0 Å². The maximum absolute atomic E-state index is 10.8. The van der Waals surface area contributed by atoms with Gasteiger partial charge in [0, 0.05) is 6.04 Å². The van der Waals surface area contributed by atoms with Crippen LogP contribution in [-0.2, 0) is 9.53 Å². The summed E-state index contributed by atoms with van der Waals surface area (Å²) in [4.78, 5) is 10.8. The fraction of sp³-hybridized carbons (Fsp3) is 0.750. The van der Waals surface area contributed by atoms with Gasteiger partial charge in [-0.15, -0.1) is 0 Å². The first kappa shape index (κ1) is 10.9. The lowest BCUT2D eigenvalue weighted by atomic mass is 10.2. The lowest BCUT2D eigenvalue weighted by molar-refractivity contribution is -0.142. The van der Waals surface area contributed by atoms with Crippen LogP contribution >= 0.6 is 0 Å². The van der Waals surface area contributed by atoms with E-state index in [0.717, 1.165) is 0 Å². The van der Waals surface area contributed by atoms with Crippen molar-refractivity contribution in [1.29, 1.82) is 5.26 Å². The van der Waals surface area contributed by atoms with Crippen LogP contribution in [0.1, 0.15) is 20.3 Å². The van der Waals surface area contributed by atoms with E-state index < -0.39 is 0 Å². The maximum Gasteiger partial charge on any atom is 0.319 e. The van der Waals surface area contributed by atoms with Crippen molar-refractivity contribution in [3.63, 3.8) is 0 Å². The van der Waals surface area contributed by atoms with E-state index in [1.165, 1.54) is 0 Å². The van der Waals surface area contributed by atoms with Crippen molar-refractivity contribution in [3.05, 3.63) is 0 Å². The number of ether oxygens (including phenoxy) is 1. The number of nitrogens with zero attached hydrogens (tertiary/aromatic N) is 1. The Labute approximate surface area is 72.5 Å². The van der Waals surface area contributed by atoms with Gasteiger partial charge in [0.05, 0.1) is 25.6 Å². The topological polar surface area (TPSA) is 62.1 Å². The second-order valence-corrected chi connectivity index (χ2v) is 2.45. The predicted molar refractivity (Wildman–Crippen MR) is 44.3 cm³/mol. The van der Waals surface area contributed by atoms with E-state index in [-0.39, 0.29) is 18.6 Å². The highest BCUT2D eigenvalue weighted by Gasteiger charge is 2.04. The fourth-order valence-corrected chi connectivity index (χ4v) is 0.679. The Hall–Kier alpha value is -1.08. The second-order valence-electron chi connectivity index (χ2n) is 2.45. The molecule has 12 heavy (non-hydrogen) atoms. The highest BCUT2D eigenvalue weighted by atomic mass is 16.5. The van der Waals surface area contributed by atoms with Crippen LogP contribution in [0.2, 0.25) is 0 Å². The number of carbonyl (C=O) groups excluding carboxylic acids is 1. The van der Waals surface area contributed by atoms with Crippen LogP contribution in [0.3, 0.4) is 0 Å². The summed E-state index contributed by atoms with van der Waals surface area (Å²) < 4.78 is 4.69. The first-order valence-corrected chi connectivity index (χ1v) is 3.96. The molecule has 0 spiro atoms. The van der Waals surface area contributed by atoms with Gasteiger partial charge in [-0.2, -0.15) is 5.26 Å². The van der Waals surface area contributed by atoms with E-state index in [4.69, 9.17) is 5.26 Å². The van der Waals surface area contributed by atoms with Crippen molar-refractivity contribution in [2.75, 3.05) is 13.2 Å². The smallest absolute Gasteiger partial charge is 0.319 e. The zero-order chi connectivity index (χ0) is 9.40. The molecule has 68 valence electrons. The Morgan fingerprint density at radius 3 is 2.92 bits per heavy atom. The highest BCUT2D eigenvalue weighted by Crippen LogP contribution is 1.87. The zero-order valence-corrected chi connectivity index (χ0v) is 7.46. The van der Waals surface area contributed by atoms with E-state index in [1.807, 2.05) is 13.0 Å². The van der Waals surface area contributed by atoms with Gasteiger partial charge in [-0.05, 0) is 13.8 Å². The van der Waals surface area contributed by atoms with Crippen LogP contribution in [0.15, 0.2) is 0 Å². The van der Waals surface area contributed by atoms with E-state index in [2.05, 4.69) is 10.1 Å². The average Bonchev–Trinajstić information content (AvgIpc) is 2.02. The largest absolute Gasteiger partial charge is 0.465 e. The quantitative estimate of drug-likeness (QED) is 0.608. The summed E-state index contributed by atoms with van der Waals surface area (Å²) >= 11 is 0. The SMILES string of the molecule is CCOC(=O)CNC(C)CC#N. The third-order valence-electron chi connectivity index (χ3n) is 1.30. The first-order valence-electron chi connectivity index (χ1n) is 3.96. The third-order valence-corrected chi connectivity index (χ3v) is 1.30. The van der Waals surface area contributed by atoms with Gasteiger partial charge < -0.3 is 10.1 Å².